The molecule has 3 heterocycles. The first-order valence-corrected chi connectivity index (χ1v) is 7.12. The molecule has 3 amide bonds. The molecule has 1 saturated heterocycles. The number of nitrogens with one attached hydrogen (secondary N) is 1. The molecule has 0 spiro atoms. The van der Waals surface area contributed by atoms with E-state index >= 15 is 0 Å². The zero-order valence-corrected chi connectivity index (χ0v) is 11.9. The summed E-state index contributed by atoms with van der Waals surface area (Å²) in [5.41, 5.74) is 2.21. The van der Waals surface area contributed by atoms with Gasteiger partial charge in [-0.15, -0.1) is 0 Å². The van der Waals surface area contributed by atoms with Crippen molar-refractivity contribution in [1.29, 1.82) is 0 Å². The Morgan fingerprint density at radius 3 is 2.82 bits per heavy atom. The van der Waals surface area contributed by atoms with Gasteiger partial charge in [-0.05, 0) is 31.0 Å². The maximum atomic E-state index is 12.8. The number of aryl methyl sites for hydroxylation is 1. The number of aromatic nitrogens is 1. The smallest absolute Gasteiger partial charge is 0.259 e. The van der Waals surface area contributed by atoms with Crippen molar-refractivity contribution in [2.24, 2.45) is 0 Å². The molecule has 1 aromatic heterocycles. The minimum absolute atomic E-state index is 0.203. The van der Waals surface area contributed by atoms with Crippen LogP contribution in [0.1, 0.15) is 28.8 Å². The number of nitrogens with zero attached hydrogens (tertiary/aromatic N) is 2. The largest absolute Gasteiger partial charge is 0.295 e. The fourth-order valence-corrected chi connectivity index (χ4v) is 3.28. The van der Waals surface area contributed by atoms with Crippen LogP contribution in [0.4, 0.5) is 5.69 Å². The summed E-state index contributed by atoms with van der Waals surface area (Å²) in [7, 11) is 0. The summed E-state index contributed by atoms with van der Waals surface area (Å²) >= 11 is 0. The van der Waals surface area contributed by atoms with Crippen LogP contribution in [0.3, 0.4) is 0 Å². The maximum Gasteiger partial charge on any atom is 0.259 e. The van der Waals surface area contributed by atoms with Gasteiger partial charge in [0.1, 0.15) is 6.04 Å². The first kappa shape index (κ1) is 12.9. The molecule has 22 heavy (non-hydrogen) atoms. The second-order valence-corrected chi connectivity index (χ2v) is 5.71. The molecule has 0 radical (unpaired) electrons. The average Bonchev–Trinajstić information content (AvgIpc) is 2.74. The van der Waals surface area contributed by atoms with Crippen molar-refractivity contribution in [3.8, 4) is 0 Å². The summed E-state index contributed by atoms with van der Waals surface area (Å²) < 4.78 is 0. The van der Waals surface area contributed by atoms with E-state index in [1.165, 1.54) is 4.90 Å². The van der Waals surface area contributed by atoms with Crippen molar-refractivity contribution in [1.82, 2.24) is 10.3 Å². The van der Waals surface area contributed by atoms with Crippen LogP contribution in [0.25, 0.3) is 10.8 Å². The summed E-state index contributed by atoms with van der Waals surface area (Å²) in [4.78, 5) is 41.9. The Hall–Kier alpha value is -2.76. The second kappa shape index (κ2) is 4.37. The van der Waals surface area contributed by atoms with E-state index < -0.39 is 11.9 Å². The van der Waals surface area contributed by atoms with Crippen molar-refractivity contribution in [2.75, 3.05) is 4.90 Å². The Kier molecular flexibility index (Phi) is 2.57. The van der Waals surface area contributed by atoms with Crippen molar-refractivity contribution >= 4 is 34.2 Å². The molecule has 1 atom stereocenters. The van der Waals surface area contributed by atoms with Gasteiger partial charge in [0.2, 0.25) is 11.8 Å². The highest BCUT2D eigenvalue weighted by Gasteiger charge is 2.40. The van der Waals surface area contributed by atoms with E-state index in [4.69, 9.17) is 0 Å². The van der Waals surface area contributed by atoms with Gasteiger partial charge in [-0.2, -0.15) is 0 Å². The minimum atomic E-state index is -0.662. The van der Waals surface area contributed by atoms with Gasteiger partial charge in [-0.1, -0.05) is 0 Å². The van der Waals surface area contributed by atoms with E-state index in [1.807, 2.05) is 19.1 Å². The van der Waals surface area contributed by atoms with E-state index in [-0.39, 0.29) is 18.2 Å². The number of carbonyl (C=O) groups excluding carboxylic acids is 3. The fourth-order valence-electron chi connectivity index (χ4n) is 3.28. The Morgan fingerprint density at radius 1 is 1.23 bits per heavy atom. The zero-order valence-electron chi connectivity index (χ0n) is 11.9. The van der Waals surface area contributed by atoms with Gasteiger partial charge in [0.15, 0.2) is 0 Å². The normalized spacial score (nSPS) is 20.7. The van der Waals surface area contributed by atoms with Crippen LogP contribution in [0.15, 0.2) is 24.5 Å². The number of amides is 3. The lowest BCUT2D eigenvalue weighted by Crippen LogP contribution is -2.53. The van der Waals surface area contributed by atoms with Crippen molar-refractivity contribution in [3.63, 3.8) is 0 Å². The molecule has 6 nitrogen and oxygen atoms in total. The lowest BCUT2D eigenvalue weighted by Gasteiger charge is -2.29. The molecule has 0 aliphatic carbocycles. The molecule has 1 fully saturated rings. The van der Waals surface area contributed by atoms with Gasteiger partial charge < -0.3 is 0 Å². The number of carbonyl (C=O) groups is 3. The quantitative estimate of drug-likeness (QED) is 0.804. The molecular weight excluding hydrogens is 282 g/mol. The number of hydrogen-bond donors (Lipinski definition) is 1. The number of hydrogen-bond acceptors (Lipinski definition) is 4. The molecule has 1 N–H and O–H groups in total. The molecule has 1 unspecified atom stereocenters. The van der Waals surface area contributed by atoms with Gasteiger partial charge in [-0.3, -0.25) is 29.6 Å². The van der Waals surface area contributed by atoms with Crippen LogP contribution in [-0.4, -0.2) is 28.7 Å². The highest BCUT2D eigenvalue weighted by atomic mass is 16.2. The van der Waals surface area contributed by atoms with Gasteiger partial charge >= 0.3 is 0 Å². The molecule has 4 rings (SSSR count). The number of rotatable bonds is 1. The van der Waals surface area contributed by atoms with Crippen molar-refractivity contribution < 1.29 is 14.4 Å². The number of anilines is 1. The van der Waals surface area contributed by atoms with Crippen LogP contribution in [0.5, 0.6) is 0 Å². The second-order valence-electron chi connectivity index (χ2n) is 5.71. The summed E-state index contributed by atoms with van der Waals surface area (Å²) in [6.45, 7) is 1.92. The van der Waals surface area contributed by atoms with E-state index in [0.29, 0.717) is 17.7 Å². The Bertz CT molecular complexity index is 859. The monoisotopic (exact) mass is 295 g/mol. The predicted molar refractivity (Wildman–Crippen MR) is 79.5 cm³/mol. The highest BCUT2D eigenvalue weighted by Crippen LogP contribution is 2.39. The third-order valence-corrected chi connectivity index (χ3v) is 4.21. The third kappa shape index (κ3) is 1.67. The van der Waals surface area contributed by atoms with E-state index in [9.17, 15) is 14.4 Å². The summed E-state index contributed by atoms with van der Waals surface area (Å²) in [6.07, 6.45) is 3.89. The molecule has 2 aliphatic heterocycles. The molecule has 110 valence electrons. The SMILES string of the molecule is Cc1cc2c3c(cncc3c1)N(C1CCC(=O)NC1=O)C2=O. The number of piperidine rings is 1. The fraction of sp³-hybridized carbons (Fsp3) is 0.250. The van der Waals surface area contributed by atoms with Gasteiger partial charge in [-0.25, -0.2) is 0 Å². The lowest BCUT2D eigenvalue weighted by molar-refractivity contribution is -0.134. The Morgan fingerprint density at radius 2 is 2.05 bits per heavy atom. The van der Waals surface area contributed by atoms with E-state index in [0.717, 1.165) is 16.3 Å². The maximum absolute atomic E-state index is 12.8. The lowest BCUT2D eigenvalue weighted by atomic mass is 10.0. The number of benzene rings is 1. The first-order chi connectivity index (χ1) is 10.6. The standard InChI is InChI=1S/C16H13N3O3/c1-8-4-9-6-17-7-12-14(9)10(5-8)16(22)19(12)11-2-3-13(20)18-15(11)21/h4-7,11H,2-3H2,1H3,(H,18,20,21). The molecule has 1 aromatic carbocycles. The van der Waals surface area contributed by atoms with Crippen LogP contribution in [-0.2, 0) is 9.59 Å². The van der Waals surface area contributed by atoms with E-state index in [1.54, 1.807) is 12.4 Å². The summed E-state index contributed by atoms with van der Waals surface area (Å²) in [5, 5.41) is 4.02. The minimum Gasteiger partial charge on any atom is -0.295 e. The molecule has 0 saturated carbocycles. The topological polar surface area (TPSA) is 79.4 Å². The Balaban J connectivity index is 1.88. The zero-order chi connectivity index (χ0) is 15.4. The van der Waals surface area contributed by atoms with E-state index in [2.05, 4.69) is 10.3 Å². The molecular formula is C16H13N3O3. The molecule has 6 heteroatoms. The molecule has 2 aliphatic rings. The number of pyridine rings is 1. The average molecular weight is 295 g/mol. The van der Waals surface area contributed by atoms with Gasteiger partial charge in [0.05, 0.1) is 17.4 Å². The van der Waals surface area contributed by atoms with Crippen molar-refractivity contribution in [2.45, 2.75) is 25.8 Å². The van der Waals surface area contributed by atoms with Crippen molar-refractivity contribution in [3.05, 3.63) is 35.7 Å². The van der Waals surface area contributed by atoms with Gasteiger partial charge in [0, 0.05) is 23.4 Å². The van der Waals surface area contributed by atoms with Gasteiger partial charge in [0.25, 0.3) is 5.91 Å². The van der Waals surface area contributed by atoms with Crippen LogP contribution >= 0.6 is 0 Å². The molecule has 2 aromatic rings. The summed E-state index contributed by atoms with van der Waals surface area (Å²) in [5.74, 6) is -0.921. The van der Waals surface area contributed by atoms with Crippen LogP contribution in [0, 0.1) is 6.92 Å². The predicted octanol–water partition coefficient (Wildman–Crippen LogP) is 1.31. The van der Waals surface area contributed by atoms with Crippen LogP contribution in [0.2, 0.25) is 0 Å². The molecule has 0 bridgehead atoms. The number of imide groups is 1. The highest BCUT2D eigenvalue weighted by molar-refractivity contribution is 6.27. The first-order valence-electron chi connectivity index (χ1n) is 7.12. The summed E-state index contributed by atoms with van der Waals surface area (Å²) in [6, 6.07) is 3.14. The third-order valence-electron chi connectivity index (χ3n) is 4.21. The van der Waals surface area contributed by atoms with Crippen LogP contribution < -0.4 is 10.2 Å². The Labute approximate surface area is 126 Å².